The topological polar surface area (TPSA) is 84.9 Å². The Morgan fingerprint density at radius 1 is 1.40 bits per heavy atom. The summed E-state index contributed by atoms with van der Waals surface area (Å²) in [6, 6.07) is 6.53. The first-order valence-corrected chi connectivity index (χ1v) is 9.34. The number of rotatable bonds is 8. The second-order valence-electron chi connectivity index (χ2n) is 5.48. The first kappa shape index (κ1) is 19.1. The summed E-state index contributed by atoms with van der Waals surface area (Å²) in [4.78, 5) is 37.6. The number of carbonyl (C=O) groups excluding carboxylic acids is 3. The third-order valence-corrected chi connectivity index (χ3v) is 4.45. The summed E-state index contributed by atoms with van der Waals surface area (Å²) in [5.41, 5.74) is 0.651. The van der Waals surface area contributed by atoms with Crippen molar-refractivity contribution in [3.8, 4) is 5.75 Å². The summed E-state index contributed by atoms with van der Waals surface area (Å²) in [6.07, 6.45) is 2.52. The number of esters is 1. The Kier molecular flexibility index (Phi) is 7.12. The minimum Gasteiger partial charge on any atom is -0.482 e. The molecule has 1 aromatic carbocycles. The van der Waals surface area contributed by atoms with E-state index in [0.717, 1.165) is 5.75 Å². The van der Waals surface area contributed by atoms with Gasteiger partial charge in [-0.15, -0.1) is 0 Å². The van der Waals surface area contributed by atoms with Crippen LogP contribution in [0.4, 0.5) is 5.69 Å². The van der Waals surface area contributed by atoms with Gasteiger partial charge in [-0.2, -0.15) is 11.8 Å². The van der Waals surface area contributed by atoms with Crippen LogP contribution in [-0.2, 0) is 19.1 Å². The molecule has 2 rings (SSSR count). The van der Waals surface area contributed by atoms with Gasteiger partial charge in [-0.25, -0.2) is 4.79 Å². The van der Waals surface area contributed by atoms with Gasteiger partial charge >= 0.3 is 5.97 Å². The van der Waals surface area contributed by atoms with E-state index in [9.17, 15) is 14.4 Å². The van der Waals surface area contributed by atoms with Gasteiger partial charge in [-0.3, -0.25) is 9.59 Å². The average molecular weight is 366 g/mol. The van der Waals surface area contributed by atoms with Crippen LogP contribution >= 0.6 is 11.8 Å². The zero-order chi connectivity index (χ0) is 18.2. The van der Waals surface area contributed by atoms with Crippen LogP contribution in [0.15, 0.2) is 24.3 Å². The molecule has 0 bridgehead atoms. The van der Waals surface area contributed by atoms with Crippen molar-refractivity contribution < 1.29 is 23.9 Å². The second kappa shape index (κ2) is 9.31. The molecule has 2 amide bonds. The van der Waals surface area contributed by atoms with E-state index in [0.29, 0.717) is 17.9 Å². The van der Waals surface area contributed by atoms with Crippen LogP contribution in [0.2, 0.25) is 0 Å². The Hall–Kier alpha value is -2.22. The molecule has 7 nitrogen and oxygen atoms in total. The lowest BCUT2D eigenvalue weighted by molar-refractivity contribution is -0.145. The zero-order valence-electron chi connectivity index (χ0n) is 14.3. The molecule has 25 heavy (non-hydrogen) atoms. The predicted octanol–water partition coefficient (Wildman–Crippen LogP) is 1.21. The van der Waals surface area contributed by atoms with E-state index in [2.05, 4.69) is 5.32 Å². The van der Waals surface area contributed by atoms with E-state index in [1.54, 1.807) is 23.9 Å². The van der Waals surface area contributed by atoms with Gasteiger partial charge in [0.2, 0.25) is 5.91 Å². The summed E-state index contributed by atoms with van der Waals surface area (Å²) in [6.45, 7) is 0.179. The van der Waals surface area contributed by atoms with Gasteiger partial charge in [0.1, 0.15) is 11.8 Å². The fourth-order valence-electron chi connectivity index (χ4n) is 2.51. The third-order valence-electron chi connectivity index (χ3n) is 3.80. The molecule has 1 aromatic rings. The highest BCUT2D eigenvalue weighted by Crippen LogP contribution is 2.31. The van der Waals surface area contributed by atoms with Crippen LogP contribution in [0.25, 0.3) is 0 Å². The largest absolute Gasteiger partial charge is 0.482 e. The number of hydrogen-bond donors (Lipinski definition) is 1. The number of thioether (sulfide) groups is 1. The molecule has 0 aromatic heterocycles. The number of para-hydroxylation sites is 2. The number of ether oxygens (including phenoxy) is 2. The van der Waals surface area contributed by atoms with Crippen LogP contribution in [0.5, 0.6) is 5.75 Å². The van der Waals surface area contributed by atoms with Crippen molar-refractivity contribution in [2.75, 3.05) is 37.2 Å². The van der Waals surface area contributed by atoms with Crippen LogP contribution < -0.4 is 15.0 Å². The van der Waals surface area contributed by atoms with Crippen molar-refractivity contribution in [3.63, 3.8) is 0 Å². The number of hydrogen-bond acceptors (Lipinski definition) is 6. The molecule has 136 valence electrons. The van der Waals surface area contributed by atoms with Crippen molar-refractivity contribution in [3.05, 3.63) is 24.3 Å². The Bertz CT molecular complexity index is 637. The van der Waals surface area contributed by atoms with Gasteiger partial charge < -0.3 is 19.7 Å². The fourth-order valence-corrected chi connectivity index (χ4v) is 2.98. The molecule has 0 saturated heterocycles. The standard InChI is InChI=1S/C17H22N2O5S/c1-23-17(22)12(8-10-25-2)18-15(20)7-9-19-13-5-3-4-6-14(13)24-11-16(19)21/h3-6,12H,7-11H2,1-2H3,(H,18,20)/t12-/m0/s1. The molecule has 0 unspecified atom stereocenters. The Labute approximate surface area is 151 Å². The molecular weight excluding hydrogens is 344 g/mol. The Morgan fingerprint density at radius 2 is 2.16 bits per heavy atom. The lowest BCUT2D eigenvalue weighted by atomic mass is 10.2. The highest BCUT2D eigenvalue weighted by atomic mass is 32.2. The van der Waals surface area contributed by atoms with Crippen molar-refractivity contribution >= 4 is 35.2 Å². The van der Waals surface area contributed by atoms with E-state index in [1.807, 2.05) is 18.4 Å². The number of carbonyl (C=O) groups is 3. The molecule has 0 aliphatic carbocycles. The average Bonchev–Trinajstić information content (AvgIpc) is 2.63. The number of nitrogens with one attached hydrogen (secondary N) is 1. The highest BCUT2D eigenvalue weighted by Gasteiger charge is 2.26. The van der Waals surface area contributed by atoms with Crippen LogP contribution in [-0.4, -0.2) is 56.1 Å². The molecule has 0 fully saturated rings. The Balaban J connectivity index is 1.94. The minimum absolute atomic E-state index is 0.0445. The summed E-state index contributed by atoms with van der Waals surface area (Å²) in [5, 5.41) is 2.68. The van der Waals surface area contributed by atoms with Gasteiger partial charge in [0, 0.05) is 13.0 Å². The quantitative estimate of drug-likeness (QED) is 0.696. The van der Waals surface area contributed by atoms with Crippen molar-refractivity contribution in [2.45, 2.75) is 18.9 Å². The molecule has 1 aliphatic rings. The summed E-state index contributed by atoms with van der Waals surface area (Å²) < 4.78 is 10.1. The van der Waals surface area contributed by atoms with Gasteiger partial charge in [0.25, 0.3) is 5.91 Å². The molecule has 0 spiro atoms. The van der Waals surface area contributed by atoms with Crippen molar-refractivity contribution in [2.24, 2.45) is 0 Å². The first-order chi connectivity index (χ1) is 12.1. The van der Waals surface area contributed by atoms with Crippen LogP contribution in [0.3, 0.4) is 0 Å². The number of benzene rings is 1. The maximum absolute atomic E-state index is 12.2. The SMILES string of the molecule is COC(=O)[C@H](CCSC)NC(=O)CCN1C(=O)COc2ccccc21. The highest BCUT2D eigenvalue weighted by molar-refractivity contribution is 7.98. The molecule has 0 radical (unpaired) electrons. The molecule has 1 atom stereocenters. The summed E-state index contributed by atoms with van der Waals surface area (Å²) >= 11 is 1.59. The number of methoxy groups -OCH3 is 1. The van der Waals surface area contributed by atoms with Gasteiger partial charge in [-0.1, -0.05) is 12.1 Å². The number of anilines is 1. The van der Waals surface area contributed by atoms with Crippen molar-refractivity contribution in [1.82, 2.24) is 5.32 Å². The third kappa shape index (κ3) is 5.12. The van der Waals surface area contributed by atoms with Crippen LogP contribution in [0.1, 0.15) is 12.8 Å². The monoisotopic (exact) mass is 366 g/mol. The van der Waals surface area contributed by atoms with E-state index in [-0.39, 0.29) is 31.4 Å². The van der Waals surface area contributed by atoms with Gasteiger partial charge in [-0.05, 0) is 30.6 Å². The zero-order valence-corrected chi connectivity index (χ0v) is 15.1. The number of amides is 2. The Morgan fingerprint density at radius 3 is 2.88 bits per heavy atom. The molecular formula is C17H22N2O5S. The first-order valence-electron chi connectivity index (χ1n) is 7.95. The lowest BCUT2D eigenvalue weighted by Gasteiger charge is -2.29. The summed E-state index contributed by atoms with van der Waals surface area (Å²) in [7, 11) is 1.30. The fraction of sp³-hybridized carbons (Fsp3) is 0.471. The van der Waals surface area contributed by atoms with E-state index in [4.69, 9.17) is 9.47 Å². The maximum Gasteiger partial charge on any atom is 0.328 e. The minimum atomic E-state index is -0.669. The lowest BCUT2D eigenvalue weighted by Crippen LogP contribution is -2.44. The van der Waals surface area contributed by atoms with Gasteiger partial charge in [0.05, 0.1) is 12.8 Å². The van der Waals surface area contributed by atoms with E-state index in [1.165, 1.54) is 12.0 Å². The van der Waals surface area contributed by atoms with Crippen molar-refractivity contribution in [1.29, 1.82) is 0 Å². The molecule has 1 heterocycles. The van der Waals surface area contributed by atoms with E-state index >= 15 is 0 Å². The normalized spacial score (nSPS) is 14.3. The van der Waals surface area contributed by atoms with E-state index < -0.39 is 12.0 Å². The van der Waals surface area contributed by atoms with Crippen LogP contribution in [0, 0.1) is 0 Å². The molecule has 1 N–H and O–H groups in total. The molecule has 0 saturated carbocycles. The number of fused-ring (bicyclic) bond motifs is 1. The van der Waals surface area contributed by atoms with Gasteiger partial charge in [0.15, 0.2) is 6.61 Å². The smallest absolute Gasteiger partial charge is 0.328 e. The maximum atomic E-state index is 12.2. The molecule has 8 heteroatoms. The predicted molar refractivity (Wildman–Crippen MR) is 95.9 cm³/mol. The number of nitrogens with zero attached hydrogens (tertiary/aromatic N) is 1. The summed E-state index contributed by atoms with van der Waals surface area (Å²) in [5.74, 6) is 0.395. The molecule has 1 aliphatic heterocycles. The second-order valence-corrected chi connectivity index (χ2v) is 6.46.